The molecular weight excluding hydrogens is 453 g/mol. The third kappa shape index (κ3) is 7.26. The molecule has 0 aromatic heterocycles. The highest BCUT2D eigenvalue weighted by atomic mass is 19.4. The molecule has 0 amide bonds. The molecular formula is C28H29F3N2O2. The Morgan fingerprint density at radius 1 is 1.03 bits per heavy atom. The van der Waals surface area contributed by atoms with E-state index in [0.717, 1.165) is 35.5 Å². The molecule has 1 N–H and O–H groups in total. The molecule has 0 spiro atoms. The number of carbonyl (C=O) groups excluding carboxylic acids is 1. The molecule has 184 valence electrons. The first-order valence-electron chi connectivity index (χ1n) is 11.5. The van der Waals surface area contributed by atoms with Gasteiger partial charge in [-0.05, 0) is 58.9 Å². The van der Waals surface area contributed by atoms with E-state index >= 15 is 0 Å². The average molecular weight is 483 g/mol. The maximum absolute atomic E-state index is 13.7. The number of alkyl halides is 3. The summed E-state index contributed by atoms with van der Waals surface area (Å²) in [4.78, 5) is 15.9. The lowest BCUT2D eigenvalue weighted by Crippen LogP contribution is -2.16. The summed E-state index contributed by atoms with van der Waals surface area (Å²) < 4.78 is 41.2. The summed E-state index contributed by atoms with van der Waals surface area (Å²) in [6.45, 7) is 5.09. The van der Waals surface area contributed by atoms with Gasteiger partial charge in [-0.1, -0.05) is 66.7 Å². The van der Waals surface area contributed by atoms with Crippen molar-refractivity contribution >= 4 is 12.0 Å². The predicted octanol–water partition coefficient (Wildman–Crippen LogP) is 6.55. The first kappa shape index (κ1) is 26.2. The fourth-order valence-corrected chi connectivity index (χ4v) is 3.78. The Bertz CT molecular complexity index is 1160. The molecule has 0 aliphatic carbocycles. The topological polar surface area (TPSA) is 50.7 Å². The van der Waals surface area contributed by atoms with Crippen LogP contribution in [-0.4, -0.2) is 18.5 Å². The highest BCUT2D eigenvalue weighted by Gasteiger charge is 2.34. The molecule has 0 radical (unpaired) electrons. The molecule has 0 fully saturated rings. The van der Waals surface area contributed by atoms with Gasteiger partial charge in [-0.3, -0.25) is 0 Å². The lowest BCUT2D eigenvalue weighted by Gasteiger charge is -2.15. The molecule has 0 atom stereocenters. The van der Waals surface area contributed by atoms with Crippen LogP contribution in [0.25, 0.3) is 11.1 Å². The van der Waals surface area contributed by atoms with Gasteiger partial charge in [0.05, 0.1) is 11.3 Å². The Kier molecular flexibility index (Phi) is 9.20. The zero-order valence-electron chi connectivity index (χ0n) is 19.9. The van der Waals surface area contributed by atoms with E-state index < -0.39 is 11.7 Å². The van der Waals surface area contributed by atoms with Crippen LogP contribution in [0.3, 0.4) is 0 Å². The zero-order chi connectivity index (χ0) is 25.3. The minimum absolute atomic E-state index is 0.0745. The predicted molar refractivity (Wildman–Crippen MR) is 132 cm³/mol. The summed E-state index contributed by atoms with van der Waals surface area (Å²) in [5.41, 5.74) is 4.15. The highest BCUT2D eigenvalue weighted by molar-refractivity contribution is 5.98. The van der Waals surface area contributed by atoms with E-state index in [0.29, 0.717) is 36.3 Å². The summed E-state index contributed by atoms with van der Waals surface area (Å²) in [7, 11) is 0. The van der Waals surface area contributed by atoms with Crippen LogP contribution in [0.1, 0.15) is 48.1 Å². The van der Waals surface area contributed by atoms with E-state index in [1.54, 1.807) is 43.3 Å². The van der Waals surface area contributed by atoms with E-state index in [2.05, 4.69) is 17.4 Å². The van der Waals surface area contributed by atoms with Crippen LogP contribution in [0.2, 0.25) is 0 Å². The van der Waals surface area contributed by atoms with Crippen LogP contribution < -0.4 is 5.32 Å². The molecule has 7 heteroatoms. The van der Waals surface area contributed by atoms with Crippen LogP contribution in [0.15, 0.2) is 71.9 Å². The van der Waals surface area contributed by atoms with Gasteiger partial charge in [-0.25, -0.2) is 0 Å². The average Bonchev–Trinajstić information content (AvgIpc) is 2.86. The number of nitrogens with zero attached hydrogens (tertiary/aromatic N) is 1. The minimum Gasteiger partial charge on any atom is -0.391 e. The van der Waals surface area contributed by atoms with Crippen LogP contribution >= 0.6 is 0 Å². The Hall–Kier alpha value is -3.45. The van der Waals surface area contributed by atoms with E-state index in [1.165, 1.54) is 6.07 Å². The maximum atomic E-state index is 13.7. The lowest BCUT2D eigenvalue weighted by molar-refractivity contribution is -0.137. The number of nitrogens with one attached hydrogen (secondary N) is 1. The summed E-state index contributed by atoms with van der Waals surface area (Å²) in [6.07, 6.45) is -2.29. The van der Waals surface area contributed by atoms with Crippen LogP contribution in [0, 0.1) is 0 Å². The molecule has 35 heavy (non-hydrogen) atoms. The smallest absolute Gasteiger partial charge is 0.391 e. The summed E-state index contributed by atoms with van der Waals surface area (Å²) in [6, 6.07) is 18.7. The summed E-state index contributed by atoms with van der Waals surface area (Å²) in [5.74, 6) is 0. The number of halogens is 3. The fourth-order valence-electron chi connectivity index (χ4n) is 3.78. The molecule has 3 rings (SSSR count). The fraction of sp³-hybridized carbons (Fsp3) is 0.286. The molecule has 0 saturated carbocycles. The summed E-state index contributed by atoms with van der Waals surface area (Å²) in [5, 5.41) is 7.38. The van der Waals surface area contributed by atoms with Crippen molar-refractivity contribution in [2.75, 3.05) is 6.54 Å². The number of benzene rings is 3. The maximum Gasteiger partial charge on any atom is 0.417 e. The Morgan fingerprint density at radius 3 is 2.49 bits per heavy atom. The molecule has 0 bridgehead atoms. The number of oxime groups is 1. The number of hydrogen-bond donors (Lipinski definition) is 1. The lowest BCUT2D eigenvalue weighted by atomic mass is 9.97. The van der Waals surface area contributed by atoms with Gasteiger partial charge in [0, 0.05) is 19.5 Å². The third-order valence-corrected chi connectivity index (χ3v) is 5.67. The van der Waals surface area contributed by atoms with Crippen LogP contribution in [-0.2, 0) is 35.4 Å². The monoisotopic (exact) mass is 482 g/mol. The first-order chi connectivity index (χ1) is 16.8. The van der Waals surface area contributed by atoms with Gasteiger partial charge in [0.1, 0.15) is 12.9 Å². The molecule has 0 heterocycles. The quantitative estimate of drug-likeness (QED) is 0.146. The second-order valence-corrected chi connectivity index (χ2v) is 8.16. The van der Waals surface area contributed by atoms with Crippen molar-refractivity contribution in [3.63, 3.8) is 0 Å². The third-order valence-electron chi connectivity index (χ3n) is 5.67. The van der Waals surface area contributed by atoms with Gasteiger partial charge in [0.25, 0.3) is 0 Å². The molecule has 3 aromatic rings. The Balaban J connectivity index is 1.71. The van der Waals surface area contributed by atoms with Gasteiger partial charge >= 0.3 is 6.18 Å². The molecule has 0 aliphatic heterocycles. The van der Waals surface area contributed by atoms with Crippen molar-refractivity contribution in [3.05, 3.63) is 94.5 Å². The molecule has 3 aromatic carbocycles. The van der Waals surface area contributed by atoms with E-state index in [9.17, 15) is 18.0 Å². The first-order valence-corrected chi connectivity index (χ1v) is 11.5. The van der Waals surface area contributed by atoms with E-state index in [1.807, 2.05) is 18.2 Å². The van der Waals surface area contributed by atoms with Crippen molar-refractivity contribution < 1.29 is 22.8 Å². The van der Waals surface area contributed by atoms with Crippen LogP contribution in [0.5, 0.6) is 0 Å². The summed E-state index contributed by atoms with van der Waals surface area (Å²) >= 11 is 0. The van der Waals surface area contributed by atoms with Gasteiger partial charge in [-0.15, -0.1) is 0 Å². The number of carbonyl (C=O) groups is 1. The van der Waals surface area contributed by atoms with Crippen LogP contribution in [0.4, 0.5) is 13.2 Å². The number of aryl methyl sites for hydroxylation is 1. The van der Waals surface area contributed by atoms with E-state index in [4.69, 9.17) is 4.84 Å². The largest absolute Gasteiger partial charge is 0.417 e. The molecule has 0 saturated heterocycles. The van der Waals surface area contributed by atoms with Gasteiger partial charge in [-0.2, -0.15) is 13.2 Å². The standard InChI is InChI=1S/C28H29F3N2O2/c1-3-22-17-24(11-12-25(22)18-32-14-7-15-34)20(2)33-35-19-21-10-13-26(23-8-5-4-6-9-23)27(16-21)28(29,30)31/h4-6,8-13,15-17,32H,3,7,14,18-19H2,1-2H3/b33-20+. The molecule has 0 unspecified atom stereocenters. The normalized spacial score (nSPS) is 12.0. The van der Waals surface area contributed by atoms with Crippen molar-refractivity contribution in [1.82, 2.24) is 5.32 Å². The van der Waals surface area contributed by atoms with E-state index in [-0.39, 0.29) is 12.2 Å². The second kappa shape index (κ2) is 12.3. The number of rotatable bonds is 11. The zero-order valence-corrected chi connectivity index (χ0v) is 19.9. The van der Waals surface area contributed by atoms with Gasteiger partial charge < -0.3 is 14.9 Å². The molecule has 0 aliphatic rings. The Labute approximate surface area is 203 Å². The van der Waals surface area contributed by atoms with Crippen molar-refractivity contribution in [3.8, 4) is 11.1 Å². The minimum atomic E-state index is -4.49. The van der Waals surface area contributed by atoms with Gasteiger partial charge in [0.2, 0.25) is 0 Å². The van der Waals surface area contributed by atoms with Crippen molar-refractivity contribution in [1.29, 1.82) is 0 Å². The van der Waals surface area contributed by atoms with Crippen molar-refractivity contribution in [2.45, 2.75) is 46.0 Å². The van der Waals surface area contributed by atoms with Gasteiger partial charge in [0.15, 0.2) is 0 Å². The number of aldehydes is 1. The van der Waals surface area contributed by atoms with Crippen molar-refractivity contribution in [2.24, 2.45) is 5.16 Å². The number of hydrogen-bond acceptors (Lipinski definition) is 4. The molecule has 4 nitrogen and oxygen atoms in total. The second-order valence-electron chi connectivity index (χ2n) is 8.16. The highest BCUT2D eigenvalue weighted by Crippen LogP contribution is 2.37. The SMILES string of the molecule is CCc1cc(/C(C)=N/OCc2ccc(-c3ccccc3)c(C(F)(F)F)c2)ccc1CNCCC=O. The Morgan fingerprint density at radius 2 is 1.80 bits per heavy atom.